The Labute approximate surface area is 111 Å². The topological polar surface area (TPSA) is 60.8 Å². The van der Waals surface area contributed by atoms with Gasteiger partial charge in [0.15, 0.2) is 0 Å². The third-order valence-electron chi connectivity index (χ3n) is 3.30. The van der Waals surface area contributed by atoms with E-state index in [4.69, 9.17) is 16.7 Å². The van der Waals surface area contributed by atoms with Gasteiger partial charge in [-0.05, 0) is 18.1 Å². The molecule has 1 heterocycles. The van der Waals surface area contributed by atoms with Crippen LogP contribution in [0.4, 0.5) is 0 Å². The molecule has 4 nitrogen and oxygen atoms in total. The van der Waals surface area contributed by atoms with E-state index in [9.17, 15) is 9.90 Å². The molecule has 1 unspecified atom stereocenters. The summed E-state index contributed by atoms with van der Waals surface area (Å²) < 4.78 is 0. The SMILES string of the molecule is O=C1CC[C@H](C(O)CO)N1Cc1ccccc1Cl. The van der Waals surface area contributed by atoms with E-state index < -0.39 is 6.10 Å². The van der Waals surface area contributed by atoms with Crippen molar-refractivity contribution in [1.29, 1.82) is 0 Å². The zero-order valence-corrected chi connectivity index (χ0v) is 10.7. The Kier molecular flexibility index (Phi) is 4.22. The van der Waals surface area contributed by atoms with Crippen LogP contribution in [0.2, 0.25) is 5.02 Å². The van der Waals surface area contributed by atoms with Gasteiger partial charge in [0, 0.05) is 18.0 Å². The van der Waals surface area contributed by atoms with Crippen molar-refractivity contribution in [2.45, 2.75) is 31.5 Å². The van der Waals surface area contributed by atoms with Crippen LogP contribution in [0, 0.1) is 0 Å². The molecule has 18 heavy (non-hydrogen) atoms. The standard InChI is InChI=1S/C13H16ClNO3/c14-10-4-2-1-3-9(10)7-15-11(12(17)8-16)5-6-13(15)18/h1-4,11-12,16-17H,5-8H2/t11-,12?/m1/s1. The number of aliphatic hydroxyl groups excluding tert-OH is 2. The van der Waals surface area contributed by atoms with Gasteiger partial charge in [-0.3, -0.25) is 4.79 Å². The van der Waals surface area contributed by atoms with Crippen LogP contribution in [0.5, 0.6) is 0 Å². The highest BCUT2D eigenvalue weighted by molar-refractivity contribution is 6.31. The van der Waals surface area contributed by atoms with Crippen LogP contribution in [-0.4, -0.2) is 39.8 Å². The minimum atomic E-state index is -0.890. The number of likely N-dealkylation sites (tertiary alicyclic amines) is 1. The molecule has 0 spiro atoms. The fourth-order valence-corrected chi connectivity index (χ4v) is 2.49. The van der Waals surface area contributed by atoms with Gasteiger partial charge in [0.2, 0.25) is 5.91 Å². The molecule has 0 aromatic heterocycles. The lowest BCUT2D eigenvalue weighted by Crippen LogP contribution is -2.42. The van der Waals surface area contributed by atoms with Crippen LogP contribution < -0.4 is 0 Å². The molecule has 2 N–H and O–H groups in total. The molecule has 2 rings (SSSR count). The first-order valence-electron chi connectivity index (χ1n) is 5.95. The lowest BCUT2D eigenvalue weighted by atomic mass is 10.1. The van der Waals surface area contributed by atoms with E-state index >= 15 is 0 Å². The Bertz CT molecular complexity index is 438. The highest BCUT2D eigenvalue weighted by Crippen LogP contribution is 2.26. The van der Waals surface area contributed by atoms with Crippen LogP contribution in [0.3, 0.4) is 0 Å². The van der Waals surface area contributed by atoms with Crippen LogP contribution in [0.15, 0.2) is 24.3 Å². The number of amides is 1. The van der Waals surface area contributed by atoms with Gasteiger partial charge in [-0.1, -0.05) is 29.8 Å². The number of halogens is 1. The maximum Gasteiger partial charge on any atom is 0.223 e. The molecule has 5 heteroatoms. The molecule has 0 saturated carbocycles. The van der Waals surface area contributed by atoms with E-state index in [1.54, 1.807) is 11.0 Å². The molecular formula is C13H16ClNO3. The number of hydrogen-bond donors (Lipinski definition) is 2. The quantitative estimate of drug-likeness (QED) is 0.863. The van der Waals surface area contributed by atoms with Gasteiger partial charge in [0.05, 0.1) is 18.8 Å². The molecule has 1 aromatic carbocycles. The summed E-state index contributed by atoms with van der Waals surface area (Å²) in [7, 11) is 0. The third kappa shape index (κ3) is 2.66. The average Bonchev–Trinajstić information content (AvgIpc) is 2.73. The van der Waals surface area contributed by atoms with E-state index in [0.717, 1.165) is 5.56 Å². The second-order valence-electron chi connectivity index (χ2n) is 4.47. The van der Waals surface area contributed by atoms with Crippen LogP contribution in [-0.2, 0) is 11.3 Å². The van der Waals surface area contributed by atoms with Crippen LogP contribution >= 0.6 is 11.6 Å². The first-order valence-corrected chi connectivity index (χ1v) is 6.33. The number of carbonyl (C=O) groups excluding carboxylic acids is 1. The predicted octanol–water partition coefficient (Wildman–Crippen LogP) is 1.18. The van der Waals surface area contributed by atoms with Gasteiger partial charge >= 0.3 is 0 Å². The van der Waals surface area contributed by atoms with Crippen molar-refractivity contribution in [1.82, 2.24) is 4.90 Å². The van der Waals surface area contributed by atoms with E-state index in [2.05, 4.69) is 0 Å². The van der Waals surface area contributed by atoms with E-state index in [1.807, 2.05) is 18.2 Å². The summed E-state index contributed by atoms with van der Waals surface area (Å²) in [5, 5.41) is 19.3. The second-order valence-corrected chi connectivity index (χ2v) is 4.88. The zero-order valence-electron chi connectivity index (χ0n) is 9.92. The molecule has 1 aliphatic heterocycles. The van der Waals surface area contributed by atoms with Gasteiger partial charge < -0.3 is 15.1 Å². The average molecular weight is 270 g/mol. The molecule has 1 saturated heterocycles. The Balaban J connectivity index is 2.15. The van der Waals surface area contributed by atoms with Crippen molar-refractivity contribution in [3.05, 3.63) is 34.9 Å². The van der Waals surface area contributed by atoms with Crippen LogP contribution in [0.25, 0.3) is 0 Å². The molecule has 0 aliphatic carbocycles. The molecule has 2 atom stereocenters. The largest absolute Gasteiger partial charge is 0.394 e. The van der Waals surface area contributed by atoms with Crippen molar-refractivity contribution in [3.8, 4) is 0 Å². The van der Waals surface area contributed by atoms with E-state index in [0.29, 0.717) is 24.4 Å². The molecule has 1 fully saturated rings. The minimum absolute atomic E-state index is 0.00702. The third-order valence-corrected chi connectivity index (χ3v) is 3.67. The Morgan fingerprint density at radius 3 is 2.83 bits per heavy atom. The first kappa shape index (κ1) is 13.3. The summed E-state index contributed by atoms with van der Waals surface area (Å²) in [5.74, 6) is -0.00702. The Morgan fingerprint density at radius 2 is 2.17 bits per heavy atom. The molecule has 1 aromatic rings. The highest BCUT2D eigenvalue weighted by Gasteiger charge is 2.35. The van der Waals surface area contributed by atoms with Gasteiger partial charge in [-0.2, -0.15) is 0 Å². The van der Waals surface area contributed by atoms with Crippen molar-refractivity contribution < 1.29 is 15.0 Å². The Morgan fingerprint density at radius 1 is 1.44 bits per heavy atom. The highest BCUT2D eigenvalue weighted by atomic mass is 35.5. The monoisotopic (exact) mass is 269 g/mol. The van der Waals surface area contributed by atoms with Gasteiger partial charge in [-0.15, -0.1) is 0 Å². The Hall–Kier alpha value is -1.10. The van der Waals surface area contributed by atoms with Crippen molar-refractivity contribution in [2.75, 3.05) is 6.61 Å². The van der Waals surface area contributed by atoms with Crippen LogP contribution in [0.1, 0.15) is 18.4 Å². The molecule has 0 bridgehead atoms. The van der Waals surface area contributed by atoms with Gasteiger partial charge in [-0.25, -0.2) is 0 Å². The second kappa shape index (κ2) is 5.69. The number of aliphatic hydroxyl groups is 2. The summed E-state index contributed by atoms with van der Waals surface area (Å²) in [5.41, 5.74) is 0.851. The number of benzene rings is 1. The number of carbonyl (C=O) groups is 1. The lowest BCUT2D eigenvalue weighted by Gasteiger charge is -2.28. The molecule has 1 amide bonds. The smallest absolute Gasteiger partial charge is 0.223 e. The molecule has 1 aliphatic rings. The number of nitrogens with zero attached hydrogens (tertiary/aromatic N) is 1. The zero-order chi connectivity index (χ0) is 13.1. The summed E-state index contributed by atoms with van der Waals surface area (Å²) in [6.07, 6.45) is 0.0935. The maximum absolute atomic E-state index is 11.8. The fourth-order valence-electron chi connectivity index (χ4n) is 2.29. The first-order chi connectivity index (χ1) is 8.63. The maximum atomic E-state index is 11.8. The van der Waals surface area contributed by atoms with Crippen molar-refractivity contribution >= 4 is 17.5 Å². The number of rotatable bonds is 4. The predicted molar refractivity (Wildman–Crippen MR) is 68.1 cm³/mol. The molecular weight excluding hydrogens is 254 g/mol. The van der Waals surface area contributed by atoms with Gasteiger partial charge in [0.1, 0.15) is 0 Å². The minimum Gasteiger partial charge on any atom is -0.394 e. The molecule has 98 valence electrons. The summed E-state index contributed by atoms with van der Waals surface area (Å²) in [4.78, 5) is 13.4. The molecule has 0 radical (unpaired) electrons. The summed E-state index contributed by atoms with van der Waals surface area (Å²) in [6.45, 7) is 0.0389. The number of hydrogen-bond acceptors (Lipinski definition) is 3. The summed E-state index contributed by atoms with van der Waals surface area (Å²) in [6, 6.07) is 7.00. The van der Waals surface area contributed by atoms with E-state index in [-0.39, 0.29) is 18.6 Å². The normalized spacial score (nSPS) is 21.4. The van der Waals surface area contributed by atoms with Crippen molar-refractivity contribution in [3.63, 3.8) is 0 Å². The summed E-state index contributed by atoms with van der Waals surface area (Å²) >= 11 is 6.06. The van der Waals surface area contributed by atoms with Crippen molar-refractivity contribution in [2.24, 2.45) is 0 Å². The lowest BCUT2D eigenvalue weighted by molar-refractivity contribution is -0.131. The van der Waals surface area contributed by atoms with Gasteiger partial charge in [0.25, 0.3) is 0 Å². The fraction of sp³-hybridized carbons (Fsp3) is 0.462. The van der Waals surface area contributed by atoms with E-state index in [1.165, 1.54) is 0 Å².